The zero-order valence-corrected chi connectivity index (χ0v) is 18.0. The van der Waals surface area contributed by atoms with Gasteiger partial charge in [-0.15, -0.1) is 10.2 Å². The van der Waals surface area contributed by atoms with Crippen molar-refractivity contribution in [2.45, 2.75) is 26.2 Å². The minimum atomic E-state index is 0.145. The van der Waals surface area contributed by atoms with Gasteiger partial charge < -0.3 is 19.7 Å². The summed E-state index contributed by atoms with van der Waals surface area (Å²) in [6.07, 6.45) is 3.56. The summed E-state index contributed by atoms with van der Waals surface area (Å²) in [7, 11) is 1.62. The Morgan fingerprint density at radius 1 is 1.17 bits per heavy atom. The van der Waals surface area contributed by atoms with Crippen molar-refractivity contribution in [2.75, 3.05) is 38.7 Å². The lowest BCUT2D eigenvalue weighted by molar-refractivity contribution is 0.254. The minimum absolute atomic E-state index is 0.145. The van der Waals surface area contributed by atoms with Gasteiger partial charge in [-0.25, -0.2) is 4.98 Å². The molecule has 154 valence electrons. The lowest BCUT2D eigenvalue weighted by Crippen LogP contribution is -2.21. The number of hydrogen-bond donors (Lipinski definition) is 1. The summed E-state index contributed by atoms with van der Waals surface area (Å²) < 4.78 is 11.5. The standard InChI is InChI=1S/C19H23ClN6O2S/c1-12-24-25-19(29-12)23-17-13-10-15(27-2)16(11-14(13)21-18(20)22-17)28-9-5-8-26-6-3-4-7-26/h10-11H,3-9H2,1-2H3,(H,21,22,23,25). The van der Waals surface area contributed by atoms with Crippen LogP contribution in [0.1, 0.15) is 24.3 Å². The van der Waals surface area contributed by atoms with E-state index in [0.717, 1.165) is 23.4 Å². The Bertz CT molecular complexity index is 992. The van der Waals surface area contributed by atoms with Crippen molar-refractivity contribution in [1.29, 1.82) is 0 Å². The predicted molar refractivity (Wildman–Crippen MR) is 115 cm³/mol. The second-order valence-electron chi connectivity index (χ2n) is 6.86. The molecule has 1 N–H and O–H groups in total. The van der Waals surface area contributed by atoms with Crippen LogP contribution < -0.4 is 14.8 Å². The molecule has 3 aromatic rings. The van der Waals surface area contributed by atoms with E-state index < -0.39 is 0 Å². The van der Waals surface area contributed by atoms with Crippen molar-refractivity contribution in [2.24, 2.45) is 0 Å². The van der Waals surface area contributed by atoms with Crippen LogP contribution in [-0.4, -0.2) is 58.4 Å². The highest BCUT2D eigenvalue weighted by molar-refractivity contribution is 7.15. The zero-order chi connectivity index (χ0) is 20.2. The Hall–Kier alpha value is -2.23. The number of fused-ring (bicyclic) bond motifs is 1. The number of aryl methyl sites for hydroxylation is 1. The number of rotatable bonds is 8. The highest BCUT2D eigenvalue weighted by atomic mass is 35.5. The minimum Gasteiger partial charge on any atom is -0.493 e. The molecule has 3 heterocycles. The topological polar surface area (TPSA) is 85.3 Å². The number of aromatic nitrogens is 4. The van der Waals surface area contributed by atoms with Gasteiger partial charge in [-0.05, 0) is 56.9 Å². The van der Waals surface area contributed by atoms with Crippen molar-refractivity contribution in [3.63, 3.8) is 0 Å². The third-order valence-corrected chi connectivity index (χ3v) is 5.70. The molecule has 4 rings (SSSR count). The van der Waals surface area contributed by atoms with E-state index in [9.17, 15) is 0 Å². The molecule has 1 aliphatic heterocycles. The van der Waals surface area contributed by atoms with Gasteiger partial charge in [-0.1, -0.05) is 11.3 Å². The van der Waals surface area contributed by atoms with Crippen molar-refractivity contribution in [3.8, 4) is 11.5 Å². The monoisotopic (exact) mass is 434 g/mol. The van der Waals surface area contributed by atoms with E-state index in [1.165, 1.54) is 37.3 Å². The van der Waals surface area contributed by atoms with Gasteiger partial charge in [-0.3, -0.25) is 0 Å². The summed E-state index contributed by atoms with van der Waals surface area (Å²) in [5, 5.41) is 13.7. The molecule has 2 aromatic heterocycles. The molecule has 0 unspecified atom stereocenters. The third-order valence-electron chi connectivity index (χ3n) is 4.78. The van der Waals surface area contributed by atoms with E-state index in [2.05, 4.69) is 30.4 Å². The molecule has 0 aliphatic carbocycles. The first-order valence-corrected chi connectivity index (χ1v) is 10.8. The van der Waals surface area contributed by atoms with Crippen molar-refractivity contribution in [3.05, 3.63) is 22.4 Å². The van der Waals surface area contributed by atoms with Crippen LogP contribution in [-0.2, 0) is 0 Å². The van der Waals surface area contributed by atoms with Crippen LogP contribution in [0.5, 0.6) is 11.5 Å². The van der Waals surface area contributed by atoms with Crippen LogP contribution in [0.15, 0.2) is 12.1 Å². The molecule has 10 heteroatoms. The molecule has 0 spiro atoms. The van der Waals surface area contributed by atoms with Crippen LogP contribution in [0.3, 0.4) is 0 Å². The number of likely N-dealkylation sites (tertiary alicyclic amines) is 1. The smallest absolute Gasteiger partial charge is 0.224 e. The molecule has 29 heavy (non-hydrogen) atoms. The number of ether oxygens (including phenoxy) is 2. The molecule has 1 aliphatic rings. The second-order valence-corrected chi connectivity index (χ2v) is 8.38. The van der Waals surface area contributed by atoms with Crippen LogP contribution in [0.4, 0.5) is 10.9 Å². The van der Waals surface area contributed by atoms with Crippen LogP contribution in [0.2, 0.25) is 5.28 Å². The van der Waals surface area contributed by atoms with E-state index in [1.54, 1.807) is 7.11 Å². The number of nitrogens with one attached hydrogen (secondary N) is 1. The van der Waals surface area contributed by atoms with Crippen molar-refractivity contribution in [1.82, 2.24) is 25.1 Å². The second kappa shape index (κ2) is 9.06. The first kappa shape index (κ1) is 20.1. The van der Waals surface area contributed by atoms with E-state index in [4.69, 9.17) is 21.1 Å². The molecule has 0 saturated carbocycles. The third kappa shape index (κ3) is 4.85. The first-order valence-electron chi connectivity index (χ1n) is 9.60. The number of benzene rings is 1. The average molecular weight is 435 g/mol. The Morgan fingerprint density at radius 3 is 2.72 bits per heavy atom. The van der Waals surface area contributed by atoms with Gasteiger partial charge in [0.1, 0.15) is 10.8 Å². The average Bonchev–Trinajstić information content (AvgIpc) is 3.36. The van der Waals surface area contributed by atoms with Gasteiger partial charge in [0.05, 0.1) is 19.2 Å². The van der Waals surface area contributed by atoms with E-state index in [0.29, 0.717) is 34.6 Å². The number of halogens is 1. The summed E-state index contributed by atoms with van der Waals surface area (Å²) in [4.78, 5) is 11.1. The molecular weight excluding hydrogens is 412 g/mol. The molecular formula is C19H23ClN6O2S. The van der Waals surface area contributed by atoms with Gasteiger partial charge in [0.25, 0.3) is 0 Å². The molecule has 1 saturated heterocycles. The largest absolute Gasteiger partial charge is 0.493 e. The van der Waals surface area contributed by atoms with Gasteiger partial charge in [0.2, 0.25) is 10.4 Å². The highest BCUT2D eigenvalue weighted by Gasteiger charge is 2.15. The highest BCUT2D eigenvalue weighted by Crippen LogP contribution is 2.36. The summed E-state index contributed by atoms with van der Waals surface area (Å²) in [5.74, 6) is 1.82. The summed E-state index contributed by atoms with van der Waals surface area (Å²) in [6.45, 7) is 5.95. The van der Waals surface area contributed by atoms with Gasteiger partial charge >= 0.3 is 0 Å². The predicted octanol–water partition coefficient (Wildman–Crippen LogP) is 4.06. The van der Waals surface area contributed by atoms with Gasteiger partial charge in [0, 0.05) is 18.0 Å². The molecule has 0 atom stereocenters. The Labute approximate surface area is 178 Å². The maximum Gasteiger partial charge on any atom is 0.224 e. The van der Waals surface area contributed by atoms with E-state index in [-0.39, 0.29) is 5.28 Å². The fourth-order valence-electron chi connectivity index (χ4n) is 3.40. The number of nitrogens with zero attached hydrogens (tertiary/aromatic N) is 5. The van der Waals surface area contributed by atoms with Gasteiger partial charge in [0.15, 0.2) is 11.5 Å². The fraction of sp³-hybridized carbons (Fsp3) is 0.474. The number of anilines is 2. The van der Waals surface area contributed by atoms with E-state index in [1.807, 2.05) is 19.1 Å². The maximum atomic E-state index is 6.15. The van der Waals surface area contributed by atoms with Crippen molar-refractivity contribution >= 4 is 44.8 Å². The van der Waals surface area contributed by atoms with Crippen molar-refractivity contribution < 1.29 is 9.47 Å². The number of hydrogen-bond acceptors (Lipinski definition) is 9. The Morgan fingerprint density at radius 2 is 2.00 bits per heavy atom. The lowest BCUT2D eigenvalue weighted by atomic mass is 10.2. The number of methoxy groups -OCH3 is 1. The van der Waals surface area contributed by atoms with Crippen LogP contribution in [0, 0.1) is 6.92 Å². The molecule has 0 radical (unpaired) electrons. The molecule has 0 bridgehead atoms. The van der Waals surface area contributed by atoms with Crippen LogP contribution >= 0.6 is 22.9 Å². The van der Waals surface area contributed by atoms with Gasteiger partial charge in [-0.2, -0.15) is 4.98 Å². The quantitative estimate of drug-likeness (QED) is 0.419. The molecule has 1 aromatic carbocycles. The normalized spacial score (nSPS) is 14.4. The first-order chi connectivity index (χ1) is 14.1. The molecule has 8 nitrogen and oxygen atoms in total. The zero-order valence-electron chi connectivity index (χ0n) is 16.4. The van der Waals surface area contributed by atoms with E-state index >= 15 is 0 Å². The Balaban J connectivity index is 1.54. The fourth-order valence-corrected chi connectivity index (χ4v) is 4.17. The Kier molecular flexibility index (Phi) is 6.27. The van der Waals surface area contributed by atoms with Crippen LogP contribution in [0.25, 0.3) is 10.9 Å². The summed E-state index contributed by atoms with van der Waals surface area (Å²) >= 11 is 7.59. The molecule has 0 amide bonds. The molecule has 1 fully saturated rings. The lowest BCUT2D eigenvalue weighted by Gasteiger charge is -2.16. The maximum absolute atomic E-state index is 6.15. The summed E-state index contributed by atoms with van der Waals surface area (Å²) in [6, 6.07) is 3.70. The SMILES string of the molecule is COc1cc2c(Nc3nnc(C)s3)nc(Cl)nc2cc1OCCCN1CCCC1. The summed E-state index contributed by atoms with van der Waals surface area (Å²) in [5.41, 5.74) is 0.670.